The van der Waals surface area contributed by atoms with Crippen molar-refractivity contribution in [1.82, 2.24) is 5.32 Å². The Hall–Kier alpha value is -1.26. The summed E-state index contributed by atoms with van der Waals surface area (Å²) in [7, 11) is 1.60. The summed E-state index contributed by atoms with van der Waals surface area (Å²) in [5, 5.41) is 33.7. The minimum absolute atomic E-state index is 0.107. The standard InChI is InChI=1S/C17H23NO7/c1-22-9-4-2-8(3-5-9)15-12-16(10(19)6-18-12)25-17-14(21)13(20)11(24-17)7-23-15/h2-5,10-21H,6-7H2,1H3/t10-,11+,12+,13+,14+,15+,16+,17-/m0/s1. The first-order valence-corrected chi connectivity index (χ1v) is 8.42. The number of hydrogen-bond acceptors (Lipinski definition) is 8. The third-order valence-corrected chi connectivity index (χ3v) is 5.12. The normalized spacial score (nSPS) is 43.8. The van der Waals surface area contributed by atoms with Gasteiger partial charge in [0.15, 0.2) is 6.29 Å². The number of β-amino-alcohol motifs (C(OH)–C–C–N with tert-alkyl or cyclic N) is 1. The lowest BCUT2D eigenvalue weighted by molar-refractivity contribution is -0.203. The molecular formula is C17H23NO7. The van der Waals surface area contributed by atoms with Crippen LogP contribution in [0.4, 0.5) is 0 Å². The molecule has 0 radical (unpaired) electrons. The van der Waals surface area contributed by atoms with Crippen LogP contribution in [-0.4, -0.2) is 78.4 Å². The van der Waals surface area contributed by atoms with Gasteiger partial charge in [-0.25, -0.2) is 0 Å². The molecule has 25 heavy (non-hydrogen) atoms. The largest absolute Gasteiger partial charge is 0.497 e. The maximum absolute atomic E-state index is 10.3. The first-order chi connectivity index (χ1) is 12.1. The van der Waals surface area contributed by atoms with Crippen molar-refractivity contribution in [2.45, 2.75) is 49.0 Å². The third kappa shape index (κ3) is 3.04. The van der Waals surface area contributed by atoms with Crippen LogP contribution in [0.15, 0.2) is 24.3 Å². The van der Waals surface area contributed by atoms with Crippen molar-refractivity contribution >= 4 is 0 Å². The Bertz CT molecular complexity index is 597. The smallest absolute Gasteiger partial charge is 0.187 e. The highest BCUT2D eigenvalue weighted by Crippen LogP contribution is 2.35. The van der Waals surface area contributed by atoms with Gasteiger partial charge in [-0.15, -0.1) is 0 Å². The van der Waals surface area contributed by atoms with Gasteiger partial charge in [0.1, 0.15) is 36.3 Å². The quantitative estimate of drug-likeness (QED) is 0.532. The maximum atomic E-state index is 10.3. The Morgan fingerprint density at radius 2 is 1.84 bits per heavy atom. The molecule has 8 atom stereocenters. The zero-order valence-electron chi connectivity index (χ0n) is 13.8. The zero-order valence-corrected chi connectivity index (χ0v) is 13.8. The van der Waals surface area contributed by atoms with Gasteiger partial charge in [-0.1, -0.05) is 12.1 Å². The van der Waals surface area contributed by atoms with Crippen molar-refractivity contribution in [1.29, 1.82) is 0 Å². The summed E-state index contributed by atoms with van der Waals surface area (Å²) in [5.41, 5.74) is 0.897. The van der Waals surface area contributed by atoms with Crippen LogP contribution >= 0.6 is 0 Å². The molecule has 8 nitrogen and oxygen atoms in total. The summed E-state index contributed by atoms with van der Waals surface area (Å²) in [6, 6.07) is 7.17. The van der Waals surface area contributed by atoms with Gasteiger partial charge in [-0.3, -0.25) is 0 Å². The van der Waals surface area contributed by atoms with E-state index in [0.717, 1.165) is 11.3 Å². The molecule has 3 saturated heterocycles. The molecule has 2 bridgehead atoms. The molecule has 4 rings (SSSR count). The van der Waals surface area contributed by atoms with Crippen LogP contribution in [0.5, 0.6) is 5.75 Å². The van der Waals surface area contributed by atoms with Crippen molar-refractivity contribution in [3.05, 3.63) is 29.8 Å². The molecule has 0 aromatic heterocycles. The van der Waals surface area contributed by atoms with E-state index in [9.17, 15) is 15.3 Å². The highest BCUT2D eigenvalue weighted by molar-refractivity contribution is 5.30. The van der Waals surface area contributed by atoms with E-state index < -0.39 is 42.9 Å². The van der Waals surface area contributed by atoms with Crippen LogP contribution in [0.25, 0.3) is 0 Å². The van der Waals surface area contributed by atoms with E-state index in [1.807, 2.05) is 24.3 Å². The van der Waals surface area contributed by atoms with E-state index >= 15 is 0 Å². The number of ether oxygens (including phenoxy) is 4. The van der Waals surface area contributed by atoms with Crippen LogP contribution < -0.4 is 10.1 Å². The molecule has 4 N–H and O–H groups in total. The van der Waals surface area contributed by atoms with E-state index in [2.05, 4.69) is 5.32 Å². The van der Waals surface area contributed by atoms with Gasteiger partial charge in [0.2, 0.25) is 0 Å². The van der Waals surface area contributed by atoms with Crippen molar-refractivity contribution in [2.24, 2.45) is 0 Å². The molecular weight excluding hydrogens is 330 g/mol. The minimum atomic E-state index is -1.17. The summed E-state index contributed by atoms with van der Waals surface area (Å²) in [5.74, 6) is 0.736. The van der Waals surface area contributed by atoms with Crippen LogP contribution in [0.3, 0.4) is 0 Å². The Morgan fingerprint density at radius 3 is 2.56 bits per heavy atom. The van der Waals surface area contributed by atoms with Gasteiger partial charge in [0, 0.05) is 6.54 Å². The van der Waals surface area contributed by atoms with Crippen LogP contribution in [0.1, 0.15) is 11.7 Å². The SMILES string of the molecule is COc1ccc([C@H]2OC[C@H]3O[C@@H](O[C@H]4[C@@H]2NC[C@@H]4O)[C@H](O)[C@@H]3O)cc1. The molecule has 0 saturated carbocycles. The topological polar surface area (TPSA) is 110 Å². The number of methoxy groups -OCH3 is 1. The van der Waals surface area contributed by atoms with Gasteiger partial charge in [-0.2, -0.15) is 0 Å². The van der Waals surface area contributed by atoms with E-state index in [4.69, 9.17) is 18.9 Å². The van der Waals surface area contributed by atoms with E-state index in [-0.39, 0.29) is 12.6 Å². The molecule has 8 heteroatoms. The lowest BCUT2D eigenvalue weighted by Gasteiger charge is -2.31. The third-order valence-electron chi connectivity index (χ3n) is 5.12. The van der Waals surface area contributed by atoms with Crippen molar-refractivity contribution in [3.8, 4) is 5.75 Å². The van der Waals surface area contributed by atoms with Crippen molar-refractivity contribution in [2.75, 3.05) is 20.3 Å². The Balaban J connectivity index is 1.64. The Kier molecular flexibility index (Phi) is 4.67. The summed E-state index contributed by atoms with van der Waals surface area (Å²) < 4.78 is 22.6. The highest BCUT2D eigenvalue weighted by atomic mass is 16.7. The second-order valence-corrected chi connectivity index (χ2v) is 6.65. The maximum Gasteiger partial charge on any atom is 0.187 e. The minimum Gasteiger partial charge on any atom is -0.497 e. The zero-order chi connectivity index (χ0) is 17.6. The summed E-state index contributed by atoms with van der Waals surface area (Å²) in [6.45, 7) is 0.454. The van der Waals surface area contributed by atoms with Crippen molar-refractivity contribution < 1.29 is 34.3 Å². The molecule has 0 unspecified atom stereocenters. The number of aliphatic hydroxyl groups is 3. The van der Waals surface area contributed by atoms with Gasteiger partial charge in [0.25, 0.3) is 0 Å². The molecule has 1 aromatic carbocycles. The number of hydrogen-bond donors (Lipinski definition) is 4. The molecule has 3 heterocycles. The summed E-state index contributed by atoms with van der Waals surface area (Å²) in [6.07, 6.45) is -5.73. The first-order valence-electron chi connectivity index (χ1n) is 8.42. The van der Waals surface area contributed by atoms with Gasteiger partial charge in [0.05, 0.1) is 25.9 Å². The van der Waals surface area contributed by atoms with Gasteiger partial charge >= 0.3 is 0 Å². The molecule has 3 fully saturated rings. The average molecular weight is 353 g/mol. The fraction of sp³-hybridized carbons (Fsp3) is 0.647. The second kappa shape index (κ2) is 6.81. The van der Waals surface area contributed by atoms with Gasteiger partial charge in [-0.05, 0) is 17.7 Å². The number of nitrogens with one attached hydrogen (secondary N) is 1. The average Bonchev–Trinajstić information content (AvgIpc) is 3.14. The highest BCUT2D eigenvalue weighted by Gasteiger charge is 2.51. The Morgan fingerprint density at radius 1 is 1.08 bits per heavy atom. The monoisotopic (exact) mass is 353 g/mol. The van der Waals surface area contributed by atoms with Crippen LogP contribution in [-0.2, 0) is 14.2 Å². The molecule has 0 spiro atoms. The van der Waals surface area contributed by atoms with E-state index in [1.54, 1.807) is 7.11 Å². The summed E-state index contributed by atoms with van der Waals surface area (Å²) in [4.78, 5) is 0. The lowest BCUT2D eigenvalue weighted by Crippen LogP contribution is -2.46. The molecule has 3 aliphatic rings. The number of fused-ring (bicyclic) bond motifs is 3. The fourth-order valence-corrected chi connectivity index (χ4v) is 3.70. The molecule has 1 aromatic rings. The van der Waals surface area contributed by atoms with Crippen molar-refractivity contribution in [3.63, 3.8) is 0 Å². The lowest BCUT2D eigenvalue weighted by atomic mass is 9.97. The number of rotatable bonds is 2. The van der Waals surface area contributed by atoms with E-state index in [0.29, 0.717) is 6.54 Å². The molecule has 0 aliphatic carbocycles. The second-order valence-electron chi connectivity index (χ2n) is 6.65. The predicted molar refractivity (Wildman–Crippen MR) is 85.0 cm³/mol. The first kappa shape index (κ1) is 17.2. The summed E-state index contributed by atoms with van der Waals surface area (Å²) >= 11 is 0. The molecule has 0 amide bonds. The predicted octanol–water partition coefficient (Wildman–Crippen LogP) is -1.07. The van der Waals surface area contributed by atoms with Crippen LogP contribution in [0, 0.1) is 0 Å². The van der Waals surface area contributed by atoms with E-state index in [1.165, 1.54) is 0 Å². The van der Waals surface area contributed by atoms with Gasteiger partial charge < -0.3 is 39.6 Å². The fourth-order valence-electron chi connectivity index (χ4n) is 3.70. The molecule has 3 aliphatic heterocycles. The van der Waals surface area contributed by atoms with Crippen LogP contribution in [0.2, 0.25) is 0 Å². The number of benzene rings is 1. The Labute approximate surface area is 145 Å². The number of aliphatic hydroxyl groups excluding tert-OH is 3. The molecule has 138 valence electrons.